The van der Waals surface area contributed by atoms with Crippen LogP contribution in [0.15, 0.2) is 48.5 Å². The minimum Gasteiger partial charge on any atom is -0.497 e. The lowest BCUT2D eigenvalue weighted by Gasteiger charge is -2.38. The highest BCUT2D eigenvalue weighted by molar-refractivity contribution is 5.49. The van der Waals surface area contributed by atoms with Crippen molar-refractivity contribution in [3.8, 4) is 5.75 Å². The average molecular weight is 300 g/mol. The number of hydrogen-bond acceptors (Lipinski definition) is 3. The van der Waals surface area contributed by atoms with E-state index >= 15 is 0 Å². The standard InChI is InChI=1S/C18H21FN2O/c1-22-16-6-4-5-13(10-16)14-9-15(20)12-21(11-14)18-8-3-2-7-17(18)19/h2-8,10,14-15H,9,11-12,20H2,1H3. The Balaban J connectivity index is 1.86. The van der Waals surface area contributed by atoms with Crippen LogP contribution in [0.3, 0.4) is 0 Å². The van der Waals surface area contributed by atoms with E-state index in [1.165, 1.54) is 11.6 Å². The molecular weight excluding hydrogens is 279 g/mol. The largest absolute Gasteiger partial charge is 0.497 e. The minimum absolute atomic E-state index is 0.0320. The van der Waals surface area contributed by atoms with Gasteiger partial charge in [0.15, 0.2) is 0 Å². The van der Waals surface area contributed by atoms with E-state index in [0.29, 0.717) is 12.2 Å². The second-order valence-corrected chi connectivity index (χ2v) is 5.83. The number of methoxy groups -OCH3 is 1. The fraction of sp³-hybridized carbons (Fsp3) is 0.333. The highest BCUT2D eigenvalue weighted by Crippen LogP contribution is 2.32. The van der Waals surface area contributed by atoms with Crippen molar-refractivity contribution in [1.82, 2.24) is 0 Å². The summed E-state index contributed by atoms with van der Waals surface area (Å²) in [4.78, 5) is 2.05. The van der Waals surface area contributed by atoms with Crippen molar-refractivity contribution in [3.05, 3.63) is 59.9 Å². The molecule has 116 valence electrons. The lowest BCUT2D eigenvalue weighted by molar-refractivity contribution is 0.411. The maximum Gasteiger partial charge on any atom is 0.146 e. The number of anilines is 1. The number of piperidine rings is 1. The van der Waals surface area contributed by atoms with Gasteiger partial charge in [-0.15, -0.1) is 0 Å². The Kier molecular flexibility index (Phi) is 4.29. The van der Waals surface area contributed by atoms with Gasteiger partial charge in [-0.3, -0.25) is 0 Å². The molecule has 2 unspecified atom stereocenters. The van der Waals surface area contributed by atoms with Crippen LogP contribution in [-0.2, 0) is 0 Å². The third-order valence-electron chi connectivity index (χ3n) is 4.24. The summed E-state index contributed by atoms with van der Waals surface area (Å²) >= 11 is 0. The lowest BCUT2D eigenvalue weighted by Crippen LogP contribution is -2.46. The SMILES string of the molecule is COc1cccc(C2CC(N)CN(c3ccccc3F)C2)c1. The van der Waals surface area contributed by atoms with Crippen LogP contribution in [0.25, 0.3) is 0 Å². The average Bonchev–Trinajstić information content (AvgIpc) is 2.55. The molecule has 0 saturated carbocycles. The first-order valence-corrected chi connectivity index (χ1v) is 7.56. The maximum absolute atomic E-state index is 14.0. The molecule has 3 nitrogen and oxygen atoms in total. The Bertz CT molecular complexity index is 646. The highest BCUT2D eigenvalue weighted by Gasteiger charge is 2.27. The summed E-state index contributed by atoms with van der Waals surface area (Å²) < 4.78 is 19.3. The molecule has 1 fully saturated rings. The van der Waals surface area contributed by atoms with Crippen molar-refractivity contribution in [2.75, 3.05) is 25.1 Å². The predicted octanol–water partition coefficient (Wildman–Crippen LogP) is 3.16. The molecule has 4 heteroatoms. The van der Waals surface area contributed by atoms with Gasteiger partial charge in [0.2, 0.25) is 0 Å². The summed E-state index contributed by atoms with van der Waals surface area (Å²) in [6.07, 6.45) is 0.901. The number of para-hydroxylation sites is 1. The summed E-state index contributed by atoms with van der Waals surface area (Å²) in [6, 6.07) is 15.0. The summed E-state index contributed by atoms with van der Waals surface area (Å²) in [5.74, 6) is 0.925. The molecule has 22 heavy (non-hydrogen) atoms. The van der Waals surface area contributed by atoms with Crippen LogP contribution in [0, 0.1) is 5.82 Å². The quantitative estimate of drug-likeness (QED) is 0.946. The molecule has 0 spiro atoms. The van der Waals surface area contributed by atoms with E-state index in [-0.39, 0.29) is 17.8 Å². The lowest BCUT2D eigenvalue weighted by atomic mass is 9.88. The van der Waals surface area contributed by atoms with Gasteiger partial charge in [0.25, 0.3) is 0 Å². The Morgan fingerprint density at radius 2 is 1.95 bits per heavy atom. The van der Waals surface area contributed by atoms with E-state index in [4.69, 9.17) is 10.5 Å². The van der Waals surface area contributed by atoms with E-state index in [1.807, 2.05) is 35.2 Å². The minimum atomic E-state index is -0.194. The van der Waals surface area contributed by atoms with Crippen LogP contribution < -0.4 is 15.4 Å². The van der Waals surface area contributed by atoms with Crippen LogP contribution in [0.4, 0.5) is 10.1 Å². The van der Waals surface area contributed by atoms with Crippen LogP contribution in [0.2, 0.25) is 0 Å². The number of halogens is 1. The molecule has 2 N–H and O–H groups in total. The number of nitrogens with two attached hydrogens (primary N) is 1. The smallest absolute Gasteiger partial charge is 0.146 e. The van der Waals surface area contributed by atoms with E-state index in [2.05, 4.69) is 6.07 Å². The molecule has 3 rings (SSSR count). The van der Waals surface area contributed by atoms with Crippen LogP contribution >= 0.6 is 0 Å². The van der Waals surface area contributed by atoms with Gasteiger partial charge >= 0.3 is 0 Å². The summed E-state index contributed by atoms with van der Waals surface area (Å²) in [6.45, 7) is 1.45. The molecule has 0 aromatic heterocycles. The maximum atomic E-state index is 14.0. The highest BCUT2D eigenvalue weighted by atomic mass is 19.1. The number of nitrogens with zero attached hydrogens (tertiary/aromatic N) is 1. The third-order valence-corrected chi connectivity index (χ3v) is 4.24. The van der Waals surface area contributed by atoms with Gasteiger partial charge in [-0.25, -0.2) is 4.39 Å². The normalized spacial score (nSPS) is 21.7. The van der Waals surface area contributed by atoms with Gasteiger partial charge in [0, 0.05) is 25.0 Å². The first-order chi connectivity index (χ1) is 10.7. The molecular formula is C18H21FN2O. The monoisotopic (exact) mass is 300 g/mol. The Labute approximate surface area is 130 Å². The first-order valence-electron chi connectivity index (χ1n) is 7.56. The first kappa shape index (κ1) is 14.9. The van der Waals surface area contributed by atoms with Crippen molar-refractivity contribution >= 4 is 5.69 Å². The van der Waals surface area contributed by atoms with Crippen molar-refractivity contribution in [3.63, 3.8) is 0 Å². The number of ether oxygens (including phenoxy) is 1. The van der Waals surface area contributed by atoms with Gasteiger partial charge < -0.3 is 15.4 Å². The van der Waals surface area contributed by atoms with Crippen LogP contribution in [-0.4, -0.2) is 26.2 Å². The van der Waals surface area contributed by atoms with Crippen LogP contribution in [0.5, 0.6) is 5.75 Å². The second kappa shape index (κ2) is 6.36. The molecule has 0 radical (unpaired) electrons. The van der Waals surface area contributed by atoms with Gasteiger partial charge in [0.1, 0.15) is 11.6 Å². The van der Waals surface area contributed by atoms with E-state index in [0.717, 1.165) is 18.7 Å². The van der Waals surface area contributed by atoms with Crippen molar-refractivity contribution in [2.24, 2.45) is 5.73 Å². The molecule has 2 aromatic rings. The molecule has 2 aromatic carbocycles. The van der Waals surface area contributed by atoms with Gasteiger partial charge in [-0.2, -0.15) is 0 Å². The molecule has 0 bridgehead atoms. The second-order valence-electron chi connectivity index (χ2n) is 5.83. The Morgan fingerprint density at radius 1 is 1.14 bits per heavy atom. The predicted molar refractivity (Wildman–Crippen MR) is 86.9 cm³/mol. The number of rotatable bonds is 3. The number of benzene rings is 2. The van der Waals surface area contributed by atoms with E-state index < -0.39 is 0 Å². The Morgan fingerprint density at radius 3 is 2.73 bits per heavy atom. The zero-order valence-electron chi connectivity index (χ0n) is 12.7. The van der Waals surface area contributed by atoms with Gasteiger partial charge in [-0.05, 0) is 36.2 Å². The van der Waals surface area contributed by atoms with Gasteiger partial charge in [0.05, 0.1) is 12.8 Å². The topological polar surface area (TPSA) is 38.5 Å². The summed E-state index contributed by atoms with van der Waals surface area (Å²) in [5.41, 5.74) is 8.04. The fourth-order valence-corrected chi connectivity index (χ4v) is 3.18. The molecule has 2 atom stereocenters. The summed E-state index contributed by atoms with van der Waals surface area (Å²) in [5, 5.41) is 0. The number of hydrogen-bond donors (Lipinski definition) is 1. The molecule has 1 saturated heterocycles. The molecule has 1 aliphatic rings. The fourth-order valence-electron chi connectivity index (χ4n) is 3.18. The van der Waals surface area contributed by atoms with Crippen molar-refractivity contribution in [2.45, 2.75) is 18.4 Å². The van der Waals surface area contributed by atoms with Crippen molar-refractivity contribution in [1.29, 1.82) is 0 Å². The Hall–Kier alpha value is -2.07. The molecule has 1 aliphatic heterocycles. The summed E-state index contributed by atoms with van der Waals surface area (Å²) in [7, 11) is 1.66. The third kappa shape index (κ3) is 3.07. The molecule has 0 amide bonds. The molecule has 1 heterocycles. The zero-order valence-corrected chi connectivity index (χ0v) is 12.7. The van der Waals surface area contributed by atoms with Crippen LogP contribution in [0.1, 0.15) is 17.9 Å². The van der Waals surface area contributed by atoms with E-state index in [9.17, 15) is 4.39 Å². The molecule has 0 aliphatic carbocycles. The van der Waals surface area contributed by atoms with E-state index in [1.54, 1.807) is 13.2 Å². The zero-order chi connectivity index (χ0) is 15.5. The van der Waals surface area contributed by atoms with Gasteiger partial charge in [-0.1, -0.05) is 24.3 Å². The van der Waals surface area contributed by atoms with Crippen molar-refractivity contribution < 1.29 is 9.13 Å².